The van der Waals surface area contributed by atoms with Crippen molar-refractivity contribution in [2.45, 2.75) is 39.5 Å². The van der Waals surface area contributed by atoms with Gasteiger partial charge in [0.15, 0.2) is 6.61 Å². The van der Waals surface area contributed by atoms with Gasteiger partial charge in [-0.15, -0.1) is 0 Å². The lowest BCUT2D eigenvalue weighted by atomic mass is 9.85. The number of benzene rings is 2. The molecule has 1 fully saturated rings. The molecule has 31 heavy (non-hydrogen) atoms. The van der Waals surface area contributed by atoms with Gasteiger partial charge in [-0.2, -0.15) is 0 Å². The van der Waals surface area contributed by atoms with Gasteiger partial charge in [0.1, 0.15) is 11.5 Å². The summed E-state index contributed by atoms with van der Waals surface area (Å²) in [6, 6.07) is 12.6. The number of para-hydroxylation sites is 1. The molecule has 2 aromatic rings. The molecule has 0 aliphatic carbocycles. The number of phenolic OH excluding ortho intramolecular Hbond substituents is 1. The molecule has 1 saturated heterocycles. The van der Waals surface area contributed by atoms with Gasteiger partial charge in [0.2, 0.25) is 0 Å². The molecule has 1 heterocycles. The van der Waals surface area contributed by atoms with Crippen molar-refractivity contribution in [3.8, 4) is 11.5 Å². The van der Waals surface area contributed by atoms with Gasteiger partial charge in [0.25, 0.3) is 11.8 Å². The molecule has 2 amide bonds. The minimum atomic E-state index is -0.210. The summed E-state index contributed by atoms with van der Waals surface area (Å²) in [5, 5.41) is 9.97. The van der Waals surface area contributed by atoms with Crippen molar-refractivity contribution in [3.05, 3.63) is 59.2 Å². The maximum absolute atomic E-state index is 12.8. The number of ether oxygens (including phenoxy) is 1. The monoisotopic (exact) mass is 424 g/mol. The van der Waals surface area contributed by atoms with Crippen molar-refractivity contribution < 1.29 is 19.4 Å². The Balaban J connectivity index is 1.61. The van der Waals surface area contributed by atoms with E-state index in [0.29, 0.717) is 38.2 Å². The third kappa shape index (κ3) is 5.57. The quantitative estimate of drug-likeness (QED) is 0.812. The second-order valence-corrected chi connectivity index (χ2v) is 9.08. The topological polar surface area (TPSA) is 70.1 Å². The maximum atomic E-state index is 12.8. The Morgan fingerprint density at radius 1 is 1.00 bits per heavy atom. The normalized spacial score (nSPS) is 14.8. The molecule has 166 valence electrons. The highest BCUT2D eigenvalue weighted by Crippen LogP contribution is 2.32. The van der Waals surface area contributed by atoms with Crippen LogP contribution < -0.4 is 4.74 Å². The van der Waals surface area contributed by atoms with Crippen LogP contribution in [0.2, 0.25) is 0 Å². The first-order valence-electron chi connectivity index (χ1n) is 10.8. The average molecular weight is 425 g/mol. The van der Waals surface area contributed by atoms with Crippen LogP contribution in [0, 0.1) is 6.92 Å². The summed E-state index contributed by atoms with van der Waals surface area (Å²) in [6.45, 7) is 10.4. The van der Waals surface area contributed by atoms with Crippen LogP contribution in [0.15, 0.2) is 42.5 Å². The largest absolute Gasteiger partial charge is 0.507 e. The number of aryl methyl sites for hydroxylation is 1. The van der Waals surface area contributed by atoms with Crippen LogP contribution in [0.4, 0.5) is 0 Å². The van der Waals surface area contributed by atoms with Gasteiger partial charge in [-0.1, -0.05) is 50.6 Å². The van der Waals surface area contributed by atoms with Crippen LogP contribution in [0.25, 0.3) is 0 Å². The van der Waals surface area contributed by atoms with E-state index in [0.717, 1.165) is 16.9 Å². The molecule has 6 heteroatoms. The number of hydrogen-bond acceptors (Lipinski definition) is 4. The predicted octanol–water partition coefficient (Wildman–Crippen LogP) is 3.75. The minimum Gasteiger partial charge on any atom is -0.507 e. The summed E-state index contributed by atoms with van der Waals surface area (Å²) in [4.78, 5) is 29.0. The number of carbonyl (C=O) groups excluding carboxylic acids is 2. The van der Waals surface area contributed by atoms with Gasteiger partial charge in [0, 0.05) is 26.2 Å². The van der Waals surface area contributed by atoms with E-state index in [1.807, 2.05) is 19.1 Å². The summed E-state index contributed by atoms with van der Waals surface area (Å²) in [6.07, 6.45) is 0.683. The van der Waals surface area contributed by atoms with E-state index in [1.165, 1.54) is 6.07 Å². The van der Waals surface area contributed by atoms with Gasteiger partial charge in [-0.3, -0.25) is 9.59 Å². The molecular weight excluding hydrogens is 392 g/mol. The first-order valence-corrected chi connectivity index (χ1v) is 10.8. The Morgan fingerprint density at radius 2 is 1.68 bits per heavy atom. The molecule has 0 atom stereocenters. The summed E-state index contributed by atoms with van der Waals surface area (Å²) >= 11 is 0. The molecule has 6 nitrogen and oxygen atoms in total. The fourth-order valence-corrected chi connectivity index (χ4v) is 3.78. The molecule has 0 spiro atoms. The Labute approximate surface area is 184 Å². The fourth-order valence-electron chi connectivity index (χ4n) is 3.78. The van der Waals surface area contributed by atoms with Crippen LogP contribution in [0.5, 0.6) is 11.5 Å². The molecule has 1 aliphatic heterocycles. The summed E-state index contributed by atoms with van der Waals surface area (Å²) < 4.78 is 5.93. The number of rotatable bonds is 4. The molecule has 3 rings (SSSR count). The number of aromatic hydroxyl groups is 1. The lowest BCUT2D eigenvalue weighted by molar-refractivity contribution is -0.133. The zero-order valence-electron chi connectivity index (χ0n) is 18.9. The second kappa shape index (κ2) is 9.41. The van der Waals surface area contributed by atoms with E-state index in [2.05, 4.69) is 26.8 Å². The third-order valence-electron chi connectivity index (χ3n) is 5.56. The summed E-state index contributed by atoms with van der Waals surface area (Å²) in [5.41, 5.74) is 2.44. The predicted molar refractivity (Wildman–Crippen MR) is 121 cm³/mol. The standard InChI is InChI=1S/C25H32N2O4/c1-18-10-11-22(20(16-18)25(2,3)4)31-17-23(29)26-12-7-13-27(15-14-26)24(30)19-8-5-6-9-21(19)28/h5-6,8-11,16,28H,7,12-15,17H2,1-4H3. The number of amides is 2. The van der Waals surface area contributed by atoms with Crippen molar-refractivity contribution in [1.82, 2.24) is 9.80 Å². The average Bonchev–Trinajstić information content (AvgIpc) is 2.98. The zero-order valence-corrected chi connectivity index (χ0v) is 18.9. The van der Waals surface area contributed by atoms with Gasteiger partial charge >= 0.3 is 0 Å². The van der Waals surface area contributed by atoms with E-state index in [4.69, 9.17) is 4.74 Å². The highest BCUT2D eigenvalue weighted by Gasteiger charge is 2.25. The fraction of sp³-hybridized carbons (Fsp3) is 0.440. The van der Waals surface area contributed by atoms with E-state index in [-0.39, 0.29) is 29.6 Å². The van der Waals surface area contributed by atoms with Crippen LogP contribution in [-0.2, 0) is 10.2 Å². The highest BCUT2D eigenvalue weighted by molar-refractivity contribution is 5.96. The molecule has 0 saturated carbocycles. The first kappa shape index (κ1) is 22.7. The number of carbonyl (C=O) groups is 2. The molecule has 0 aromatic heterocycles. The van der Waals surface area contributed by atoms with E-state index in [9.17, 15) is 14.7 Å². The Kier molecular flexibility index (Phi) is 6.88. The van der Waals surface area contributed by atoms with Crippen LogP contribution in [0.1, 0.15) is 48.7 Å². The van der Waals surface area contributed by atoms with E-state index in [1.54, 1.807) is 28.0 Å². The molecule has 2 aromatic carbocycles. The Bertz CT molecular complexity index is 949. The number of hydrogen-bond donors (Lipinski definition) is 1. The van der Waals surface area contributed by atoms with Crippen LogP contribution in [0.3, 0.4) is 0 Å². The third-order valence-corrected chi connectivity index (χ3v) is 5.56. The second-order valence-electron chi connectivity index (χ2n) is 9.08. The lowest BCUT2D eigenvalue weighted by Gasteiger charge is -2.25. The molecule has 0 unspecified atom stereocenters. The Hall–Kier alpha value is -3.02. The van der Waals surface area contributed by atoms with Crippen LogP contribution in [-0.4, -0.2) is 59.5 Å². The highest BCUT2D eigenvalue weighted by atomic mass is 16.5. The lowest BCUT2D eigenvalue weighted by Crippen LogP contribution is -2.39. The van der Waals surface area contributed by atoms with Gasteiger partial charge in [-0.25, -0.2) is 0 Å². The van der Waals surface area contributed by atoms with Gasteiger partial charge < -0.3 is 19.6 Å². The summed E-state index contributed by atoms with van der Waals surface area (Å²) in [5.74, 6) is 0.416. The Morgan fingerprint density at radius 3 is 2.39 bits per heavy atom. The molecule has 0 radical (unpaired) electrons. The zero-order chi connectivity index (χ0) is 22.6. The molecular formula is C25H32N2O4. The minimum absolute atomic E-state index is 0.0224. The smallest absolute Gasteiger partial charge is 0.260 e. The molecule has 1 N–H and O–H groups in total. The molecule has 1 aliphatic rings. The summed E-state index contributed by atoms with van der Waals surface area (Å²) in [7, 11) is 0. The van der Waals surface area contributed by atoms with Crippen molar-refractivity contribution in [1.29, 1.82) is 0 Å². The maximum Gasteiger partial charge on any atom is 0.260 e. The molecule has 0 bridgehead atoms. The van der Waals surface area contributed by atoms with Gasteiger partial charge in [0.05, 0.1) is 5.56 Å². The van der Waals surface area contributed by atoms with Gasteiger partial charge in [-0.05, 0) is 42.5 Å². The first-order chi connectivity index (χ1) is 14.7. The number of nitrogens with zero attached hydrogens (tertiary/aromatic N) is 2. The SMILES string of the molecule is Cc1ccc(OCC(=O)N2CCCN(C(=O)c3ccccc3O)CC2)c(C(C)(C)C)c1. The van der Waals surface area contributed by atoms with Crippen molar-refractivity contribution in [3.63, 3.8) is 0 Å². The van der Waals surface area contributed by atoms with Crippen molar-refractivity contribution in [2.24, 2.45) is 0 Å². The van der Waals surface area contributed by atoms with Crippen molar-refractivity contribution in [2.75, 3.05) is 32.8 Å². The van der Waals surface area contributed by atoms with E-state index >= 15 is 0 Å². The number of phenols is 1. The van der Waals surface area contributed by atoms with E-state index < -0.39 is 0 Å². The van der Waals surface area contributed by atoms with Crippen LogP contribution >= 0.6 is 0 Å². The van der Waals surface area contributed by atoms with Crippen molar-refractivity contribution >= 4 is 11.8 Å².